The van der Waals surface area contributed by atoms with Gasteiger partial charge in [0.2, 0.25) is 10.0 Å². The highest BCUT2D eigenvalue weighted by molar-refractivity contribution is 7.89. The lowest BCUT2D eigenvalue weighted by molar-refractivity contribution is 0.184. The first kappa shape index (κ1) is 16.4. The number of nitrogens with zero attached hydrogens (tertiary/aromatic N) is 2. The smallest absolute Gasteiger partial charge is 0.240 e. The van der Waals surface area contributed by atoms with Crippen LogP contribution in [0.25, 0.3) is 10.9 Å². The Hall–Kier alpha value is -1.50. The average molecular weight is 333 g/mol. The topological polar surface area (TPSA) is 62.3 Å². The lowest BCUT2D eigenvalue weighted by atomic mass is 9.98. The fourth-order valence-electron chi connectivity index (χ4n) is 3.13. The van der Waals surface area contributed by atoms with E-state index in [1.165, 1.54) is 0 Å². The molecule has 0 aliphatic carbocycles. The summed E-state index contributed by atoms with van der Waals surface area (Å²) in [6.45, 7) is 5.77. The minimum atomic E-state index is -3.48. The Labute approximate surface area is 137 Å². The molecule has 0 amide bonds. The fourth-order valence-corrected chi connectivity index (χ4v) is 4.27. The summed E-state index contributed by atoms with van der Waals surface area (Å²) < 4.78 is 27.8. The first-order chi connectivity index (χ1) is 11.1. The molecule has 3 rings (SSSR count). The molecule has 0 bridgehead atoms. The number of rotatable bonds is 5. The van der Waals surface area contributed by atoms with Crippen molar-refractivity contribution in [2.24, 2.45) is 5.92 Å². The van der Waals surface area contributed by atoms with E-state index in [0.717, 1.165) is 37.9 Å². The van der Waals surface area contributed by atoms with Crippen molar-refractivity contribution in [1.82, 2.24) is 14.6 Å². The van der Waals surface area contributed by atoms with E-state index >= 15 is 0 Å². The Morgan fingerprint density at radius 1 is 1.35 bits per heavy atom. The van der Waals surface area contributed by atoms with Crippen LogP contribution in [0.15, 0.2) is 41.4 Å². The highest BCUT2D eigenvalue weighted by Gasteiger charge is 2.22. The van der Waals surface area contributed by atoms with Crippen LogP contribution in [0.5, 0.6) is 0 Å². The monoisotopic (exact) mass is 333 g/mol. The number of piperidine rings is 1. The van der Waals surface area contributed by atoms with Gasteiger partial charge in [-0.3, -0.25) is 4.98 Å². The van der Waals surface area contributed by atoms with Gasteiger partial charge in [-0.05, 0) is 50.0 Å². The van der Waals surface area contributed by atoms with Gasteiger partial charge in [-0.2, -0.15) is 0 Å². The number of pyridine rings is 1. The Kier molecular flexibility index (Phi) is 4.94. The Morgan fingerprint density at radius 3 is 3.04 bits per heavy atom. The third-order valence-corrected chi connectivity index (χ3v) is 5.92. The maximum Gasteiger partial charge on any atom is 0.240 e. The number of hydrogen-bond acceptors (Lipinski definition) is 4. The zero-order valence-electron chi connectivity index (χ0n) is 13.4. The van der Waals surface area contributed by atoms with Crippen molar-refractivity contribution in [3.8, 4) is 0 Å². The van der Waals surface area contributed by atoms with Crippen LogP contribution in [-0.2, 0) is 10.0 Å². The lowest BCUT2D eigenvalue weighted by Gasteiger charge is -2.31. The number of sulfonamides is 1. The van der Waals surface area contributed by atoms with Crippen molar-refractivity contribution in [2.45, 2.75) is 24.7 Å². The van der Waals surface area contributed by atoms with Gasteiger partial charge in [-0.15, -0.1) is 0 Å². The molecular weight excluding hydrogens is 310 g/mol. The summed E-state index contributed by atoms with van der Waals surface area (Å²) in [5.74, 6) is 0.386. The Bertz CT molecular complexity index is 776. The molecule has 1 atom stereocenters. The lowest BCUT2D eigenvalue weighted by Crippen LogP contribution is -2.40. The normalized spacial score (nSPS) is 20.0. The van der Waals surface area contributed by atoms with Crippen LogP contribution in [0.3, 0.4) is 0 Å². The molecule has 23 heavy (non-hydrogen) atoms. The quantitative estimate of drug-likeness (QED) is 0.911. The van der Waals surface area contributed by atoms with E-state index in [-0.39, 0.29) is 4.90 Å². The third-order valence-electron chi connectivity index (χ3n) is 4.50. The maximum absolute atomic E-state index is 12.5. The minimum Gasteiger partial charge on any atom is -0.303 e. The molecule has 2 heterocycles. The van der Waals surface area contributed by atoms with Gasteiger partial charge in [0.1, 0.15) is 0 Å². The number of fused-ring (bicyclic) bond motifs is 1. The molecule has 1 N–H and O–H groups in total. The number of aromatic nitrogens is 1. The van der Waals surface area contributed by atoms with Gasteiger partial charge in [0.15, 0.2) is 0 Å². The third kappa shape index (κ3) is 3.88. The van der Waals surface area contributed by atoms with Gasteiger partial charge in [-0.25, -0.2) is 13.1 Å². The Morgan fingerprint density at radius 2 is 2.22 bits per heavy atom. The molecule has 0 saturated carbocycles. The van der Waals surface area contributed by atoms with Gasteiger partial charge in [0.25, 0.3) is 0 Å². The Balaban J connectivity index is 1.70. The summed E-state index contributed by atoms with van der Waals surface area (Å²) >= 11 is 0. The van der Waals surface area contributed by atoms with E-state index in [4.69, 9.17) is 0 Å². The van der Waals surface area contributed by atoms with Crippen LogP contribution in [0.4, 0.5) is 0 Å². The average Bonchev–Trinajstić information content (AvgIpc) is 2.60. The van der Waals surface area contributed by atoms with Crippen molar-refractivity contribution in [2.75, 3.05) is 26.2 Å². The summed E-state index contributed by atoms with van der Waals surface area (Å²) in [5, 5.41) is 0.942. The molecule has 1 aliphatic rings. The summed E-state index contributed by atoms with van der Waals surface area (Å²) in [6, 6.07) is 8.85. The van der Waals surface area contributed by atoms with Gasteiger partial charge >= 0.3 is 0 Å². The SMILES string of the molecule is CCN1CCCC(CNS(=O)(=O)c2ccc3cccnc3c2)C1. The van der Waals surface area contributed by atoms with Gasteiger partial charge in [-0.1, -0.05) is 19.1 Å². The van der Waals surface area contributed by atoms with Gasteiger partial charge in [0, 0.05) is 24.7 Å². The molecule has 1 aromatic heterocycles. The molecule has 1 fully saturated rings. The molecule has 124 valence electrons. The molecule has 1 aliphatic heterocycles. The van der Waals surface area contributed by atoms with Gasteiger partial charge in [0.05, 0.1) is 10.4 Å². The second kappa shape index (κ2) is 6.95. The number of benzene rings is 1. The van der Waals surface area contributed by atoms with Crippen LogP contribution in [-0.4, -0.2) is 44.5 Å². The van der Waals surface area contributed by atoms with Crippen LogP contribution < -0.4 is 4.72 Å². The minimum absolute atomic E-state index is 0.284. The highest BCUT2D eigenvalue weighted by Crippen LogP contribution is 2.19. The van der Waals surface area contributed by atoms with E-state index in [1.54, 1.807) is 24.4 Å². The van der Waals surface area contributed by atoms with E-state index in [1.807, 2.05) is 12.1 Å². The predicted molar refractivity (Wildman–Crippen MR) is 91.8 cm³/mol. The highest BCUT2D eigenvalue weighted by atomic mass is 32.2. The summed E-state index contributed by atoms with van der Waals surface area (Å²) in [5.41, 5.74) is 0.699. The van der Waals surface area contributed by atoms with Crippen LogP contribution in [0.1, 0.15) is 19.8 Å². The fraction of sp³-hybridized carbons (Fsp3) is 0.471. The first-order valence-electron chi connectivity index (χ1n) is 8.15. The van der Waals surface area contributed by atoms with Crippen molar-refractivity contribution < 1.29 is 8.42 Å². The molecule has 1 aromatic carbocycles. The molecule has 0 spiro atoms. The standard InChI is InChI=1S/C17H23N3O2S/c1-2-20-10-4-5-14(13-20)12-19-23(21,22)16-8-7-15-6-3-9-18-17(15)11-16/h3,6-9,11,14,19H,2,4-5,10,12-13H2,1H3. The van der Waals surface area contributed by atoms with Crippen LogP contribution >= 0.6 is 0 Å². The van der Waals surface area contributed by atoms with Crippen molar-refractivity contribution in [3.05, 3.63) is 36.5 Å². The van der Waals surface area contributed by atoms with Crippen LogP contribution in [0, 0.1) is 5.92 Å². The second-order valence-electron chi connectivity index (χ2n) is 6.11. The van der Waals surface area contributed by atoms with Crippen molar-refractivity contribution >= 4 is 20.9 Å². The van der Waals surface area contributed by atoms with E-state index in [0.29, 0.717) is 18.0 Å². The number of likely N-dealkylation sites (tertiary alicyclic amines) is 1. The summed E-state index contributed by atoms with van der Waals surface area (Å²) in [7, 11) is -3.48. The molecule has 6 heteroatoms. The molecule has 1 unspecified atom stereocenters. The maximum atomic E-state index is 12.5. The predicted octanol–water partition coefficient (Wildman–Crippen LogP) is 2.25. The second-order valence-corrected chi connectivity index (χ2v) is 7.88. The molecule has 0 radical (unpaired) electrons. The molecule has 1 saturated heterocycles. The van der Waals surface area contributed by atoms with Gasteiger partial charge < -0.3 is 4.90 Å². The van der Waals surface area contributed by atoms with Crippen molar-refractivity contribution in [1.29, 1.82) is 0 Å². The summed E-state index contributed by atoms with van der Waals surface area (Å²) in [6.07, 6.45) is 3.89. The number of hydrogen-bond donors (Lipinski definition) is 1. The largest absolute Gasteiger partial charge is 0.303 e. The van der Waals surface area contributed by atoms with Crippen molar-refractivity contribution in [3.63, 3.8) is 0 Å². The zero-order valence-corrected chi connectivity index (χ0v) is 14.2. The van der Waals surface area contributed by atoms with E-state index in [9.17, 15) is 8.42 Å². The molecule has 2 aromatic rings. The first-order valence-corrected chi connectivity index (χ1v) is 9.63. The van der Waals surface area contributed by atoms with E-state index < -0.39 is 10.0 Å². The van der Waals surface area contributed by atoms with Crippen LogP contribution in [0.2, 0.25) is 0 Å². The molecular formula is C17H23N3O2S. The van der Waals surface area contributed by atoms with E-state index in [2.05, 4.69) is 21.5 Å². The molecule has 5 nitrogen and oxygen atoms in total. The summed E-state index contributed by atoms with van der Waals surface area (Å²) in [4.78, 5) is 6.89. The number of nitrogens with one attached hydrogen (secondary N) is 1. The zero-order chi connectivity index (χ0) is 16.3.